The largest absolute Gasteiger partial charge is 0.491 e. The van der Waals surface area contributed by atoms with Crippen LogP contribution in [0, 0.1) is 5.92 Å². The highest BCUT2D eigenvalue weighted by atomic mass is 35.5. The molecule has 3 heterocycles. The van der Waals surface area contributed by atoms with E-state index in [9.17, 15) is 9.90 Å². The van der Waals surface area contributed by atoms with Gasteiger partial charge in [-0.15, -0.1) is 24.8 Å². The highest BCUT2D eigenvalue weighted by Gasteiger charge is 2.35. The number of fused-ring (bicyclic) bond motifs is 2. The number of benzene rings is 1. The number of ether oxygens (including phenoxy) is 1. The molecule has 8 heteroatoms. The molecular weight excluding hydrogens is 425 g/mol. The molecule has 0 aliphatic carbocycles. The lowest BCUT2D eigenvalue weighted by Crippen LogP contribution is -2.51. The summed E-state index contributed by atoms with van der Waals surface area (Å²) in [5.41, 5.74) is 0. The fraction of sp³-hybridized carbons (Fsp3) is 0.682. The van der Waals surface area contributed by atoms with Gasteiger partial charge >= 0.3 is 0 Å². The number of halogens is 2. The Hall–Kier alpha value is -1.05. The second-order valence-corrected chi connectivity index (χ2v) is 8.64. The van der Waals surface area contributed by atoms with Gasteiger partial charge in [0.2, 0.25) is 5.91 Å². The lowest BCUT2D eigenvalue weighted by Gasteiger charge is -2.37. The Kier molecular flexibility index (Phi) is 10.2. The van der Waals surface area contributed by atoms with Gasteiger partial charge in [-0.1, -0.05) is 18.2 Å². The van der Waals surface area contributed by atoms with Gasteiger partial charge in [0.1, 0.15) is 18.5 Å². The summed E-state index contributed by atoms with van der Waals surface area (Å²) in [7, 11) is 0. The van der Waals surface area contributed by atoms with E-state index in [2.05, 4.69) is 10.2 Å². The second-order valence-electron chi connectivity index (χ2n) is 8.64. The zero-order chi connectivity index (χ0) is 19.3. The van der Waals surface area contributed by atoms with Gasteiger partial charge in [0, 0.05) is 51.2 Å². The molecule has 3 fully saturated rings. The molecule has 3 unspecified atom stereocenters. The van der Waals surface area contributed by atoms with Gasteiger partial charge in [0.15, 0.2) is 0 Å². The van der Waals surface area contributed by atoms with Gasteiger partial charge in [0.05, 0.1) is 0 Å². The van der Waals surface area contributed by atoms with Crippen molar-refractivity contribution in [1.82, 2.24) is 15.1 Å². The summed E-state index contributed by atoms with van der Waals surface area (Å²) in [6.45, 7) is 4.07. The van der Waals surface area contributed by atoms with E-state index in [-0.39, 0.29) is 24.8 Å². The molecule has 0 spiro atoms. The van der Waals surface area contributed by atoms with Gasteiger partial charge in [0.25, 0.3) is 0 Å². The molecule has 6 nitrogen and oxygen atoms in total. The molecule has 2 N–H and O–H groups in total. The van der Waals surface area contributed by atoms with Gasteiger partial charge in [-0.2, -0.15) is 0 Å². The first-order valence-electron chi connectivity index (χ1n) is 10.8. The van der Waals surface area contributed by atoms with Crippen LogP contribution in [0.3, 0.4) is 0 Å². The average Bonchev–Trinajstić information content (AvgIpc) is 3.06. The minimum atomic E-state index is -0.521. The maximum atomic E-state index is 12.7. The Balaban J connectivity index is 0.00000160. The number of para-hydroxylation sites is 1. The number of β-amino-alcohol motifs (C(OH)–C–C–N with tert-alkyl or cyclic N) is 1. The molecular formula is C22H35Cl2N3O3. The van der Waals surface area contributed by atoms with Crippen LogP contribution < -0.4 is 10.1 Å². The van der Waals surface area contributed by atoms with E-state index in [0.717, 1.165) is 44.8 Å². The first kappa shape index (κ1) is 25.2. The number of hydrogen-bond acceptors (Lipinski definition) is 5. The molecule has 0 aromatic heterocycles. The molecule has 3 aliphatic heterocycles. The quantitative estimate of drug-likeness (QED) is 0.654. The van der Waals surface area contributed by atoms with E-state index < -0.39 is 6.10 Å². The molecule has 30 heavy (non-hydrogen) atoms. The summed E-state index contributed by atoms with van der Waals surface area (Å²) in [4.78, 5) is 17.0. The number of piperidine rings is 1. The molecule has 4 rings (SSSR count). The van der Waals surface area contributed by atoms with Crippen LogP contribution in [-0.4, -0.2) is 78.3 Å². The number of carbonyl (C=O) groups excluding carboxylic acids is 1. The molecule has 3 saturated heterocycles. The number of amides is 1. The monoisotopic (exact) mass is 459 g/mol. The SMILES string of the molecule is Cl.Cl.O=C(CC1CC2CCC(C1)N2)N1CCN(CC(O)COc2ccccc2)CC1. The van der Waals surface area contributed by atoms with Crippen molar-refractivity contribution in [2.45, 2.75) is 50.3 Å². The van der Waals surface area contributed by atoms with Crippen LogP contribution in [0.5, 0.6) is 5.75 Å². The van der Waals surface area contributed by atoms with Crippen LogP contribution in [0.25, 0.3) is 0 Å². The number of nitrogens with one attached hydrogen (secondary N) is 1. The van der Waals surface area contributed by atoms with Gasteiger partial charge in [-0.3, -0.25) is 9.69 Å². The standard InChI is InChI=1S/C22H33N3O3.2ClH/c26-20(16-28-21-4-2-1-3-5-21)15-24-8-10-25(11-9-24)22(27)14-17-12-18-6-7-19(13-17)23-18;;/h1-5,17-20,23,26H,6-16H2;2*1H. The third-order valence-corrected chi connectivity index (χ3v) is 6.41. The normalized spacial score (nSPS) is 27.0. The Labute approximate surface area is 192 Å². The lowest BCUT2D eigenvalue weighted by molar-refractivity contribution is -0.134. The predicted molar refractivity (Wildman–Crippen MR) is 123 cm³/mol. The number of nitrogens with zero attached hydrogens (tertiary/aromatic N) is 2. The van der Waals surface area contributed by atoms with Crippen LogP contribution in [-0.2, 0) is 4.79 Å². The van der Waals surface area contributed by atoms with Gasteiger partial charge in [-0.05, 0) is 43.7 Å². The predicted octanol–water partition coefficient (Wildman–Crippen LogP) is 2.33. The van der Waals surface area contributed by atoms with E-state index in [1.807, 2.05) is 35.2 Å². The maximum Gasteiger partial charge on any atom is 0.222 e. The number of aliphatic hydroxyl groups is 1. The van der Waals surface area contributed by atoms with Crippen LogP contribution in [0.1, 0.15) is 32.1 Å². The van der Waals surface area contributed by atoms with Crippen LogP contribution in [0.2, 0.25) is 0 Å². The Morgan fingerprint density at radius 2 is 1.70 bits per heavy atom. The van der Waals surface area contributed by atoms with Crippen molar-refractivity contribution in [3.05, 3.63) is 30.3 Å². The average molecular weight is 460 g/mol. The molecule has 170 valence electrons. The van der Waals surface area contributed by atoms with Crippen molar-refractivity contribution >= 4 is 30.7 Å². The summed E-state index contributed by atoms with van der Waals surface area (Å²) in [6, 6.07) is 10.9. The summed E-state index contributed by atoms with van der Waals surface area (Å²) >= 11 is 0. The molecule has 0 radical (unpaired) electrons. The van der Waals surface area contributed by atoms with Gasteiger partial charge in [-0.25, -0.2) is 0 Å². The highest BCUT2D eigenvalue weighted by molar-refractivity contribution is 5.85. The van der Waals surface area contributed by atoms with Crippen LogP contribution in [0.15, 0.2) is 30.3 Å². The van der Waals surface area contributed by atoms with Crippen LogP contribution in [0.4, 0.5) is 0 Å². The van der Waals surface area contributed by atoms with E-state index in [0.29, 0.717) is 43.5 Å². The van der Waals surface area contributed by atoms with Crippen molar-refractivity contribution in [3.8, 4) is 5.75 Å². The maximum absolute atomic E-state index is 12.7. The minimum absolute atomic E-state index is 0. The van der Waals surface area contributed by atoms with E-state index in [1.165, 1.54) is 12.8 Å². The second kappa shape index (κ2) is 12.1. The Morgan fingerprint density at radius 3 is 2.33 bits per heavy atom. The zero-order valence-electron chi connectivity index (χ0n) is 17.4. The van der Waals surface area contributed by atoms with Crippen molar-refractivity contribution in [1.29, 1.82) is 0 Å². The third-order valence-electron chi connectivity index (χ3n) is 6.41. The Morgan fingerprint density at radius 1 is 1.07 bits per heavy atom. The molecule has 3 atom stereocenters. The number of aliphatic hydroxyl groups excluding tert-OH is 1. The molecule has 3 aliphatic rings. The highest BCUT2D eigenvalue weighted by Crippen LogP contribution is 2.33. The molecule has 2 bridgehead atoms. The fourth-order valence-electron chi connectivity index (χ4n) is 4.96. The summed E-state index contributed by atoms with van der Waals surface area (Å²) in [5.74, 6) is 1.66. The van der Waals surface area contributed by atoms with Crippen molar-refractivity contribution < 1.29 is 14.6 Å². The topological polar surface area (TPSA) is 65.0 Å². The summed E-state index contributed by atoms with van der Waals surface area (Å²) < 4.78 is 5.63. The van der Waals surface area contributed by atoms with Crippen molar-refractivity contribution in [2.24, 2.45) is 5.92 Å². The molecule has 0 saturated carbocycles. The first-order chi connectivity index (χ1) is 13.7. The number of carbonyl (C=O) groups is 1. The Bertz CT molecular complexity index is 632. The summed E-state index contributed by atoms with van der Waals surface area (Å²) in [5, 5.41) is 13.9. The van der Waals surface area contributed by atoms with Crippen LogP contribution >= 0.6 is 24.8 Å². The smallest absolute Gasteiger partial charge is 0.222 e. The van der Waals surface area contributed by atoms with E-state index in [1.54, 1.807) is 0 Å². The van der Waals surface area contributed by atoms with E-state index in [4.69, 9.17) is 4.74 Å². The van der Waals surface area contributed by atoms with E-state index >= 15 is 0 Å². The number of piperazine rings is 1. The third kappa shape index (κ3) is 6.99. The molecule has 1 amide bonds. The zero-order valence-corrected chi connectivity index (χ0v) is 19.1. The molecule has 1 aromatic carbocycles. The first-order valence-corrected chi connectivity index (χ1v) is 10.8. The van der Waals surface area contributed by atoms with Gasteiger partial charge < -0.3 is 20.1 Å². The molecule has 1 aromatic rings. The minimum Gasteiger partial charge on any atom is -0.491 e. The van der Waals surface area contributed by atoms with Crippen molar-refractivity contribution in [3.63, 3.8) is 0 Å². The summed E-state index contributed by atoms with van der Waals surface area (Å²) in [6.07, 6.45) is 5.08. The number of hydrogen-bond donors (Lipinski definition) is 2. The fourth-order valence-corrected chi connectivity index (χ4v) is 4.96. The number of rotatable bonds is 7. The lowest BCUT2D eigenvalue weighted by atomic mass is 9.89. The van der Waals surface area contributed by atoms with Crippen molar-refractivity contribution in [2.75, 3.05) is 39.3 Å².